The van der Waals surface area contributed by atoms with Gasteiger partial charge in [-0.25, -0.2) is 4.98 Å². The quantitative estimate of drug-likeness (QED) is 0.612. The van der Waals surface area contributed by atoms with Crippen LogP contribution in [-0.2, 0) is 0 Å². The van der Waals surface area contributed by atoms with Crippen LogP contribution in [0.4, 0.5) is 5.82 Å². The number of H-pyrrole nitrogens is 1. The first-order valence-corrected chi connectivity index (χ1v) is 3.50. The number of carbonyl (C=O) groups excluding carboxylic acids is 1. The van der Waals surface area contributed by atoms with E-state index in [0.29, 0.717) is 17.0 Å². The summed E-state index contributed by atoms with van der Waals surface area (Å²) in [5, 5.41) is 0.805. The van der Waals surface area contributed by atoms with E-state index >= 15 is 0 Å². The summed E-state index contributed by atoms with van der Waals surface area (Å²) in [4.78, 5) is 17.4. The van der Waals surface area contributed by atoms with Gasteiger partial charge in [0, 0.05) is 17.1 Å². The van der Waals surface area contributed by atoms with E-state index in [2.05, 4.69) is 9.97 Å². The minimum Gasteiger partial charge on any atom is -0.384 e. The van der Waals surface area contributed by atoms with Gasteiger partial charge in [0.15, 0.2) is 6.29 Å². The minimum absolute atomic E-state index is 0.446. The molecule has 2 aromatic heterocycles. The lowest BCUT2D eigenvalue weighted by molar-refractivity contribution is 0.112. The number of hydrogen-bond acceptors (Lipinski definition) is 3. The highest BCUT2D eigenvalue weighted by Gasteiger charge is 2.02. The molecule has 4 heteroatoms. The summed E-state index contributed by atoms with van der Waals surface area (Å²) < 4.78 is 0. The lowest BCUT2D eigenvalue weighted by atomic mass is 10.2. The third kappa shape index (κ3) is 0.852. The van der Waals surface area contributed by atoms with Crippen molar-refractivity contribution in [1.82, 2.24) is 9.97 Å². The van der Waals surface area contributed by atoms with Gasteiger partial charge in [-0.15, -0.1) is 0 Å². The molecule has 0 aliphatic heterocycles. The Kier molecular flexibility index (Phi) is 1.33. The standard InChI is InChI=1S/C8H7N3O/c9-7-2-1-6-5(4-12)3-10-8(6)11-7/h1-4H,(H3,9,10,11). The highest BCUT2D eigenvalue weighted by Crippen LogP contribution is 2.15. The second-order valence-electron chi connectivity index (χ2n) is 2.49. The summed E-state index contributed by atoms with van der Waals surface area (Å²) in [6, 6.07) is 3.45. The van der Waals surface area contributed by atoms with Crippen LogP contribution in [0.3, 0.4) is 0 Å². The SMILES string of the molecule is Nc1ccc2c(C=O)c[nH]c2n1. The first-order chi connectivity index (χ1) is 5.81. The van der Waals surface area contributed by atoms with Crippen molar-refractivity contribution in [3.8, 4) is 0 Å². The third-order valence-corrected chi connectivity index (χ3v) is 1.72. The smallest absolute Gasteiger partial charge is 0.152 e. The number of aromatic nitrogens is 2. The van der Waals surface area contributed by atoms with Gasteiger partial charge >= 0.3 is 0 Å². The van der Waals surface area contributed by atoms with Gasteiger partial charge in [0.1, 0.15) is 11.5 Å². The zero-order chi connectivity index (χ0) is 8.55. The molecule has 60 valence electrons. The monoisotopic (exact) mass is 161 g/mol. The molecule has 0 amide bonds. The van der Waals surface area contributed by atoms with Gasteiger partial charge in [-0.3, -0.25) is 4.79 Å². The molecule has 0 aliphatic carbocycles. The van der Waals surface area contributed by atoms with Crippen LogP contribution in [0.2, 0.25) is 0 Å². The van der Waals surface area contributed by atoms with E-state index in [-0.39, 0.29) is 0 Å². The van der Waals surface area contributed by atoms with E-state index < -0.39 is 0 Å². The van der Waals surface area contributed by atoms with Gasteiger partial charge in [0.05, 0.1) is 0 Å². The molecule has 0 fully saturated rings. The molecule has 2 aromatic rings. The van der Waals surface area contributed by atoms with Crippen molar-refractivity contribution in [3.05, 3.63) is 23.9 Å². The Morgan fingerprint density at radius 1 is 1.50 bits per heavy atom. The largest absolute Gasteiger partial charge is 0.384 e. The Morgan fingerprint density at radius 3 is 3.08 bits per heavy atom. The normalized spacial score (nSPS) is 10.3. The molecule has 0 saturated carbocycles. The van der Waals surface area contributed by atoms with Crippen molar-refractivity contribution in [2.45, 2.75) is 0 Å². The van der Waals surface area contributed by atoms with Crippen LogP contribution in [-0.4, -0.2) is 16.3 Å². The number of nitrogens with zero attached hydrogens (tertiary/aromatic N) is 1. The molecule has 0 unspecified atom stereocenters. The number of hydrogen-bond donors (Lipinski definition) is 2. The van der Waals surface area contributed by atoms with Crippen molar-refractivity contribution in [1.29, 1.82) is 0 Å². The average Bonchev–Trinajstić information content (AvgIpc) is 2.46. The fourth-order valence-electron chi connectivity index (χ4n) is 1.14. The van der Waals surface area contributed by atoms with E-state index in [1.807, 2.05) is 0 Å². The molecule has 2 rings (SSSR count). The van der Waals surface area contributed by atoms with Crippen molar-refractivity contribution >= 4 is 23.1 Å². The highest BCUT2D eigenvalue weighted by atomic mass is 16.1. The molecular weight excluding hydrogens is 154 g/mol. The van der Waals surface area contributed by atoms with Crippen LogP contribution in [0.25, 0.3) is 11.0 Å². The van der Waals surface area contributed by atoms with Gasteiger partial charge in [0.2, 0.25) is 0 Å². The van der Waals surface area contributed by atoms with Crippen molar-refractivity contribution in [3.63, 3.8) is 0 Å². The number of fused-ring (bicyclic) bond motifs is 1. The summed E-state index contributed by atoms with van der Waals surface area (Å²) in [6.07, 6.45) is 2.40. The van der Waals surface area contributed by atoms with E-state index in [1.165, 1.54) is 0 Å². The van der Waals surface area contributed by atoms with Crippen LogP contribution in [0.1, 0.15) is 10.4 Å². The van der Waals surface area contributed by atoms with Gasteiger partial charge in [-0.2, -0.15) is 0 Å². The molecule has 3 N–H and O–H groups in total. The number of anilines is 1. The predicted molar refractivity (Wildman–Crippen MR) is 45.9 cm³/mol. The Hall–Kier alpha value is -1.84. The maximum Gasteiger partial charge on any atom is 0.152 e. The number of aldehydes is 1. The van der Waals surface area contributed by atoms with Crippen molar-refractivity contribution in [2.75, 3.05) is 5.73 Å². The first kappa shape index (κ1) is 6.84. The molecule has 0 atom stereocenters. The zero-order valence-corrected chi connectivity index (χ0v) is 6.24. The predicted octanol–water partition coefficient (Wildman–Crippen LogP) is 0.958. The number of nitrogens with two attached hydrogens (primary N) is 1. The van der Waals surface area contributed by atoms with Crippen LogP contribution < -0.4 is 5.73 Å². The molecule has 0 aromatic carbocycles. The summed E-state index contributed by atoms with van der Waals surface area (Å²) in [6.45, 7) is 0. The molecule has 0 bridgehead atoms. The van der Waals surface area contributed by atoms with E-state index in [4.69, 9.17) is 5.73 Å². The van der Waals surface area contributed by atoms with Gasteiger partial charge in [-0.05, 0) is 12.1 Å². The summed E-state index contributed by atoms with van der Waals surface area (Å²) in [5.41, 5.74) is 6.71. The molecule has 0 spiro atoms. The second-order valence-corrected chi connectivity index (χ2v) is 2.49. The van der Waals surface area contributed by atoms with Crippen LogP contribution in [0.5, 0.6) is 0 Å². The number of rotatable bonds is 1. The maximum absolute atomic E-state index is 10.5. The summed E-state index contributed by atoms with van der Waals surface area (Å²) in [7, 11) is 0. The van der Waals surface area contributed by atoms with Gasteiger partial charge in [-0.1, -0.05) is 0 Å². The third-order valence-electron chi connectivity index (χ3n) is 1.72. The second kappa shape index (κ2) is 2.34. The fourth-order valence-corrected chi connectivity index (χ4v) is 1.14. The fraction of sp³-hybridized carbons (Fsp3) is 0. The van der Waals surface area contributed by atoms with E-state index in [1.54, 1.807) is 18.3 Å². The molecule has 0 radical (unpaired) electrons. The Labute approximate surface area is 68.4 Å². The van der Waals surface area contributed by atoms with Crippen LogP contribution in [0.15, 0.2) is 18.3 Å². The van der Waals surface area contributed by atoms with Gasteiger partial charge < -0.3 is 10.7 Å². The van der Waals surface area contributed by atoms with Crippen LogP contribution in [0, 0.1) is 0 Å². The van der Waals surface area contributed by atoms with Gasteiger partial charge in [0.25, 0.3) is 0 Å². The van der Waals surface area contributed by atoms with Crippen LogP contribution >= 0.6 is 0 Å². The molecule has 0 aliphatic rings. The average molecular weight is 161 g/mol. The van der Waals surface area contributed by atoms with E-state index in [0.717, 1.165) is 11.7 Å². The summed E-state index contributed by atoms with van der Waals surface area (Å²) in [5.74, 6) is 0.446. The highest BCUT2D eigenvalue weighted by molar-refractivity contribution is 5.95. The number of pyridine rings is 1. The lowest BCUT2D eigenvalue weighted by Crippen LogP contribution is -1.88. The molecule has 4 nitrogen and oxygen atoms in total. The molecular formula is C8H7N3O. The number of nitrogens with one attached hydrogen (secondary N) is 1. The zero-order valence-electron chi connectivity index (χ0n) is 6.24. The number of aromatic amines is 1. The Bertz CT molecular complexity index is 433. The maximum atomic E-state index is 10.5. The topological polar surface area (TPSA) is 71.8 Å². The molecule has 12 heavy (non-hydrogen) atoms. The molecule has 2 heterocycles. The Morgan fingerprint density at radius 2 is 2.33 bits per heavy atom. The lowest BCUT2D eigenvalue weighted by Gasteiger charge is -1.91. The minimum atomic E-state index is 0.446. The molecule has 0 saturated heterocycles. The number of carbonyl (C=O) groups is 1. The van der Waals surface area contributed by atoms with E-state index in [9.17, 15) is 4.79 Å². The first-order valence-electron chi connectivity index (χ1n) is 3.50. The van der Waals surface area contributed by atoms with Crippen molar-refractivity contribution < 1.29 is 4.79 Å². The Balaban J connectivity index is 2.81. The summed E-state index contributed by atoms with van der Waals surface area (Å²) >= 11 is 0. The van der Waals surface area contributed by atoms with Crippen molar-refractivity contribution in [2.24, 2.45) is 0 Å². The number of nitrogen functional groups attached to an aromatic ring is 1.